The van der Waals surface area contributed by atoms with Gasteiger partial charge in [0.1, 0.15) is 0 Å². The topological polar surface area (TPSA) is 131 Å². The van der Waals surface area contributed by atoms with Crippen LogP contribution in [0.4, 0.5) is 0 Å². The Labute approximate surface area is 277 Å². The predicted octanol–water partition coefficient (Wildman–Crippen LogP) is 9.66. The van der Waals surface area contributed by atoms with Crippen LogP contribution in [0.5, 0.6) is 0 Å². The number of phosphoric acid groups is 1. The van der Waals surface area contributed by atoms with Crippen molar-refractivity contribution < 1.29 is 28.4 Å². The second kappa shape index (κ2) is 33.2. The monoisotopic (exact) mass is 661 g/mol. The third-order valence-corrected chi connectivity index (χ3v) is 9.35. The number of hydrogen-bond acceptors (Lipinski definition) is 6. The van der Waals surface area contributed by atoms with E-state index in [9.17, 15) is 19.4 Å². The van der Waals surface area contributed by atoms with E-state index in [0.717, 1.165) is 38.5 Å². The van der Waals surface area contributed by atoms with Gasteiger partial charge < -0.3 is 21.1 Å². The van der Waals surface area contributed by atoms with Crippen molar-refractivity contribution in [2.75, 3.05) is 19.8 Å². The second-order valence-corrected chi connectivity index (χ2v) is 14.2. The number of unbranched alkanes of at least 4 members (excludes halogenated alkanes) is 23. The van der Waals surface area contributed by atoms with Crippen LogP contribution in [0.3, 0.4) is 0 Å². The smallest absolute Gasteiger partial charge is 0.387 e. The summed E-state index contributed by atoms with van der Waals surface area (Å²) >= 11 is 0. The van der Waals surface area contributed by atoms with Gasteiger partial charge in [-0.15, -0.1) is 0 Å². The van der Waals surface area contributed by atoms with Crippen LogP contribution >= 0.6 is 7.82 Å². The Kier molecular flexibility index (Phi) is 32.6. The molecule has 1 amide bonds. The minimum atomic E-state index is -4.32. The SMILES string of the molecule is CCCCCCCCCCCC/C=C/[C@@H](O)[C@H](COP(=O)(O)OCCN)NC(=O)CCCCCCCCCCCCCCCC. The van der Waals surface area contributed by atoms with E-state index < -0.39 is 20.0 Å². The highest BCUT2D eigenvalue weighted by Crippen LogP contribution is 2.43. The summed E-state index contributed by atoms with van der Waals surface area (Å²) in [5.74, 6) is -0.194. The molecule has 1 unspecified atom stereocenters. The van der Waals surface area contributed by atoms with Crippen LogP contribution in [0.25, 0.3) is 0 Å². The zero-order valence-corrected chi connectivity index (χ0v) is 30.3. The van der Waals surface area contributed by atoms with Gasteiger partial charge in [0.15, 0.2) is 0 Å². The van der Waals surface area contributed by atoms with Crippen LogP contribution in [0.15, 0.2) is 12.2 Å². The number of carbonyl (C=O) groups is 1. The van der Waals surface area contributed by atoms with Gasteiger partial charge in [0.05, 0.1) is 25.4 Å². The van der Waals surface area contributed by atoms with E-state index >= 15 is 0 Å². The van der Waals surface area contributed by atoms with Crippen LogP contribution in [-0.2, 0) is 18.4 Å². The number of rotatable bonds is 35. The summed E-state index contributed by atoms with van der Waals surface area (Å²) in [4.78, 5) is 22.6. The van der Waals surface area contributed by atoms with Gasteiger partial charge in [-0.1, -0.05) is 167 Å². The fourth-order valence-electron chi connectivity index (χ4n) is 5.48. The molecule has 0 radical (unpaired) electrons. The average molecular weight is 661 g/mol. The fourth-order valence-corrected chi connectivity index (χ4v) is 6.24. The number of carbonyl (C=O) groups excluding carboxylic acids is 1. The summed E-state index contributed by atoms with van der Waals surface area (Å²) in [6.07, 6.45) is 33.9. The first kappa shape index (κ1) is 44.2. The van der Waals surface area contributed by atoms with E-state index in [1.165, 1.54) is 122 Å². The molecule has 0 aliphatic heterocycles. The fraction of sp³-hybridized carbons (Fsp3) is 0.917. The van der Waals surface area contributed by atoms with Gasteiger partial charge in [-0.2, -0.15) is 0 Å². The maximum Gasteiger partial charge on any atom is 0.472 e. The Bertz CT molecular complexity index is 724. The number of nitrogens with one attached hydrogen (secondary N) is 1. The Balaban J connectivity index is 4.30. The average Bonchev–Trinajstić information content (AvgIpc) is 3.02. The second-order valence-electron chi connectivity index (χ2n) is 12.8. The quantitative estimate of drug-likeness (QED) is 0.0302. The zero-order valence-electron chi connectivity index (χ0n) is 29.4. The molecule has 45 heavy (non-hydrogen) atoms. The standard InChI is InChI=1S/C36H73N2O6P/c1-3-5-7-9-11-13-15-17-18-20-22-24-26-28-30-36(40)38-34(33-44-45(41,42)43-32-31-37)35(39)29-27-25-23-21-19-16-14-12-10-8-6-4-2/h27,29,34-35,39H,3-26,28,30-33,37H2,1-2H3,(H,38,40)(H,41,42)/b29-27+/t34-,35+/m0/s1. The number of aliphatic hydroxyl groups is 1. The lowest BCUT2D eigenvalue weighted by Crippen LogP contribution is -2.45. The highest BCUT2D eigenvalue weighted by atomic mass is 31.2. The van der Waals surface area contributed by atoms with Gasteiger partial charge in [0, 0.05) is 13.0 Å². The van der Waals surface area contributed by atoms with E-state index in [1.807, 2.05) is 6.08 Å². The molecule has 0 aromatic carbocycles. The number of allylic oxidation sites excluding steroid dienone is 1. The summed E-state index contributed by atoms with van der Waals surface area (Å²) in [5.41, 5.74) is 5.35. The minimum Gasteiger partial charge on any atom is -0.387 e. The molecule has 0 saturated carbocycles. The van der Waals surface area contributed by atoms with E-state index in [-0.39, 0.29) is 25.7 Å². The number of amides is 1. The Morgan fingerprint density at radius 2 is 1.13 bits per heavy atom. The van der Waals surface area contributed by atoms with Crippen molar-refractivity contribution in [2.24, 2.45) is 5.73 Å². The molecular formula is C36H73N2O6P. The van der Waals surface area contributed by atoms with Crippen molar-refractivity contribution in [3.63, 3.8) is 0 Å². The lowest BCUT2D eigenvalue weighted by atomic mass is 10.0. The normalized spacial score (nSPS) is 14.5. The third kappa shape index (κ3) is 31.6. The summed E-state index contributed by atoms with van der Waals surface area (Å²) in [6, 6.07) is -0.852. The predicted molar refractivity (Wildman–Crippen MR) is 189 cm³/mol. The van der Waals surface area contributed by atoms with Gasteiger partial charge >= 0.3 is 7.82 Å². The lowest BCUT2D eigenvalue weighted by Gasteiger charge is -2.23. The van der Waals surface area contributed by atoms with Gasteiger partial charge in [0.25, 0.3) is 0 Å². The summed E-state index contributed by atoms with van der Waals surface area (Å²) in [6.45, 7) is 4.12. The first-order chi connectivity index (χ1) is 21.9. The molecule has 0 aliphatic carbocycles. The molecular weight excluding hydrogens is 587 g/mol. The van der Waals surface area contributed by atoms with E-state index in [2.05, 4.69) is 19.2 Å². The molecule has 9 heteroatoms. The first-order valence-corrected chi connectivity index (χ1v) is 20.3. The first-order valence-electron chi connectivity index (χ1n) is 18.8. The van der Waals surface area contributed by atoms with Crippen molar-refractivity contribution in [1.82, 2.24) is 5.32 Å². The molecule has 0 fully saturated rings. The summed E-state index contributed by atoms with van der Waals surface area (Å²) < 4.78 is 22.0. The van der Waals surface area contributed by atoms with Gasteiger partial charge in [-0.3, -0.25) is 13.8 Å². The molecule has 0 rings (SSSR count). The number of nitrogens with two attached hydrogens (primary N) is 1. The molecule has 0 spiro atoms. The molecule has 0 saturated heterocycles. The number of phosphoric ester groups is 1. The van der Waals surface area contributed by atoms with Crippen LogP contribution in [0, 0.1) is 0 Å². The molecule has 3 atom stereocenters. The molecule has 0 aliphatic rings. The van der Waals surface area contributed by atoms with Gasteiger partial charge in [-0.05, 0) is 19.3 Å². The van der Waals surface area contributed by atoms with Crippen LogP contribution in [-0.4, -0.2) is 47.8 Å². The van der Waals surface area contributed by atoms with Crippen molar-refractivity contribution in [2.45, 2.75) is 193 Å². The Morgan fingerprint density at radius 1 is 0.711 bits per heavy atom. The maximum absolute atomic E-state index is 12.7. The molecule has 0 aromatic heterocycles. The van der Waals surface area contributed by atoms with Crippen LogP contribution in [0.2, 0.25) is 0 Å². The van der Waals surface area contributed by atoms with Gasteiger partial charge in [-0.25, -0.2) is 4.57 Å². The number of aliphatic hydroxyl groups excluding tert-OH is 1. The minimum absolute atomic E-state index is 0.0809. The summed E-state index contributed by atoms with van der Waals surface area (Å²) in [5, 5.41) is 13.6. The van der Waals surface area contributed by atoms with Crippen LogP contribution in [0.1, 0.15) is 181 Å². The third-order valence-electron chi connectivity index (χ3n) is 8.36. The van der Waals surface area contributed by atoms with Gasteiger partial charge in [0.2, 0.25) is 5.91 Å². The highest BCUT2D eigenvalue weighted by molar-refractivity contribution is 7.47. The molecule has 0 aromatic rings. The van der Waals surface area contributed by atoms with Crippen molar-refractivity contribution in [1.29, 1.82) is 0 Å². The Morgan fingerprint density at radius 3 is 1.58 bits per heavy atom. The van der Waals surface area contributed by atoms with E-state index in [0.29, 0.717) is 6.42 Å². The van der Waals surface area contributed by atoms with Crippen molar-refractivity contribution in [3.8, 4) is 0 Å². The van der Waals surface area contributed by atoms with E-state index in [1.54, 1.807) is 6.08 Å². The van der Waals surface area contributed by atoms with Crippen LogP contribution < -0.4 is 11.1 Å². The van der Waals surface area contributed by atoms with Crippen molar-refractivity contribution in [3.05, 3.63) is 12.2 Å². The molecule has 8 nitrogen and oxygen atoms in total. The van der Waals surface area contributed by atoms with Crippen molar-refractivity contribution >= 4 is 13.7 Å². The maximum atomic E-state index is 12.7. The van der Waals surface area contributed by atoms with E-state index in [4.69, 9.17) is 14.8 Å². The Hall–Kier alpha value is -0.760. The zero-order chi connectivity index (χ0) is 33.3. The number of hydrogen-bond donors (Lipinski definition) is 4. The molecule has 0 heterocycles. The lowest BCUT2D eigenvalue weighted by molar-refractivity contribution is -0.123. The summed E-state index contributed by atoms with van der Waals surface area (Å²) in [7, 11) is -4.32. The molecule has 5 N–H and O–H groups in total. The molecule has 268 valence electrons. The highest BCUT2D eigenvalue weighted by Gasteiger charge is 2.26. The largest absolute Gasteiger partial charge is 0.472 e. The molecule has 0 bridgehead atoms.